The average Bonchev–Trinajstić information content (AvgIpc) is 3.01. The van der Waals surface area contributed by atoms with Crippen molar-refractivity contribution in [3.63, 3.8) is 0 Å². The van der Waals surface area contributed by atoms with Crippen molar-refractivity contribution in [2.45, 2.75) is 84.1 Å². The summed E-state index contributed by atoms with van der Waals surface area (Å²) in [6.45, 7) is 14.4. The summed E-state index contributed by atoms with van der Waals surface area (Å²) in [5, 5.41) is 13.9. The van der Waals surface area contributed by atoms with Crippen LogP contribution < -0.4 is 21.6 Å². The van der Waals surface area contributed by atoms with Crippen molar-refractivity contribution < 1.29 is 19.0 Å². The van der Waals surface area contributed by atoms with E-state index in [0.717, 1.165) is 21.5 Å². The van der Waals surface area contributed by atoms with E-state index in [1.807, 2.05) is 62.4 Å². The lowest BCUT2D eigenvalue weighted by Crippen LogP contribution is -2.68. The number of aliphatic hydroxyl groups excluding tert-OH is 1. The number of ether oxygens (including phenoxy) is 2. The number of H-pyrrole nitrogens is 1. The van der Waals surface area contributed by atoms with Crippen LogP contribution in [-0.2, 0) is 20.4 Å². The third-order valence-corrected chi connectivity index (χ3v) is 14.1. The first-order valence-electron chi connectivity index (χ1n) is 15.9. The Morgan fingerprint density at radius 1 is 0.915 bits per heavy atom. The number of nitrogens with zero attached hydrogens (tertiary/aromatic N) is 3. The third-order valence-electron chi connectivity index (χ3n) is 9.10. The molecule has 0 saturated carbocycles. The molecular formula is C36H42N4O6Si. The number of rotatable bonds is 7. The van der Waals surface area contributed by atoms with E-state index in [1.54, 1.807) is 18.4 Å². The Labute approximate surface area is 274 Å². The summed E-state index contributed by atoms with van der Waals surface area (Å²) in [5.74, 6) is -0.960. The topological polar surface area (TPSA) is 129 Å². The predicted molar refractivity (Wildman–Crippen MR) is 184 cm³/mol. The molecule has 11 heteroatoms. The van der Waals surface area contributed by atoms with Gasteiger partial charge in [0, 0.05) is 0 Å². The van der Waals surface area contributed by atoms with Gasteiger partial charge in [0.05, 0.1) is 24.2 Å². The van der Waals surface area contributed by atoms with Gasteiger partial charge in [-0.25, -0.2) is 9.78 Å². The molecule has 0 radical (unpaired) electrons. The molecule has 47 heavy (non-hydrogen) atoms. The fourth-order valence-corrected chi connectivity index (χ4v) is 11.4. The van der Waals surface area contributed by atoms with Gasteiger partial charge in [0.25, 0.3) is 13.9 Å². The van der Waals surface area contributed by atoms with Gasteiger partial charge >= 0.3 is 5.69 Å². The summed E-state index contributed by atoms with van der Waals surface area (Å²) < 4.78 is 21.6. The number of aliphatic hydroxyl groups is 1. The van der Waals surface area contributed by atoms with Crippen molar-refractivity contribution in [1.82, 2.24) is 19.5 Å². The zero-order valence-corrected chi connectivity index (χ0v) is 28.9. The number of aromatic nitrogens is 4. The van der Waals surface area contributed by atoms with Crippen molar-refractivity contribution >= 4 is 29.7 Å². The molecule has 0 amide bonds. The number of nitrogens with one attached hydrogen (secondary N) is 1. The lowest BCUT2D eigenvalue weighted by molar-refractivity contribution is -0.337. The second-order valence-corrected chi connectivity index (χ2v) is 18.2. The molecule has 3 aromatic rings. The molecule has 1 saturated heterocycles. The van der Waals surface area contributed by atoms with E-state index in [1.165, 1.54) is 0 Å². The monoisotopic (exact) mass is 654 g/mol. The van der Waals surface area contributed by atoms with Crippen LogP contribution in [0, 0.1) is 13.8 Å². The Balaban J connectivity index is 1.40. The molecule has 3 aromatic carbocycles. The number of hydrogen-bond acceptors (Lipinski definition) is 8. The highest BCUT2D eigenvalue weighted by molar-refractivity contribution is 6.99. The van der Waals surface area contributed by atoms with Gasteiger partial charge in [-0.3, -0.25) is 9.78 Å². The Hall–Kier alpha value is -4.00. The predicted octanol–water partition coefficient (Wildman–Crippen LogP) is 3.66. The largest absolute Gasteiger partial charge is 0.405 e. The molecule has 3 heterocycles. The van der Waals surface area contributed by atoms with Gasteiger partial charge < -0.3 is 23.6 Å². The molecule has 1 fully saturated rings. The van der Waals surface area contributed by atoms with Crippen LogP contribution in [0.3, 0.4) is 0 Å². The number of hydrogen-bond donors (Lipinski definition) is 2. The van der Waals surface area contributed by atoms with E-state index in [0.29, 0.717) is 11.0 Å². The smallest absolute Gasteiger partial charge is 0.349 e. The fourth-order valence-electron chi connectivity index (χ4n) is 6.80. The van der Waals surface area contributed by atoms with E-state index in [9.17, 15) is 14.7 Å². The summed E-state index contributed by atoms with van der Waals surface area (Å²) in [6.07, 6.45) is -2.67. The van der Waals surface area contributed by atoms with E-state index in [-0.39, 0.29) is 29.7 Å². The maximum absolute atomic E-state index is 12.9. The quantitative estimate of drug-likeness (QED) is 0.201. The molecule has 246 valence electrons. The van der Waals surface area contributed by atoms with Gasteiger partial charge in [-0.1, -0.05) is 81.4 Å². The number of aromatic amines is 1. The number of benzene rings is 3. The summed E-state index contributed by atoms with van der Waals surface area (Å²) in [6, 6.07) is 24.5. The van der Waals surface area contributed by atoms with E-state index < -0.39 is 43.7 Å². The SMILES string of the molecule is Cc1cc2nc3c(=O)[nH]c(=O)nc-3n(C[C@H]3OC(C)(C)O[C@@H](CO[Si](c4ccccc4)(c4ccccc4)C(C)(C)C)[C@@H]3O)c2cc1C. The van der Waals surface area contributed by atoms with E-state index in [2.05, 4.69) is 60.0 Å². The maximum Gasteiger partial charge on any atom is 0.349 e. The van der Waals surface area contributed by atoms with Crippen LogP contribution in [0.4, 0.5) is 0 Å². The summed E-state index contributed by atoms with van der Waals surface area (Å²) >= 11 is 0. The molecule has 6 rings (SSSR count). The van der Waals surface area contributed by atoms with Crippen molar-refractivity contribution in [3.05, 3.63) is 105 Å². The Morgan fingerprint density at radius 2 is 1.49 bits per heavy atom. The van der Waals surface area contributed by atoms with Gasteiger partial charge in [-0.2, -0.15) is 4.98 Å². The second-order valence-electron chi connectivity index (χ2n) is 13.9. The summed E-state index contributed by atoms with van der Waals surface area (Å²) in [5.41, 5.74) is 1.88. The van der Waals surface area contributed by atoms with Gasteiger partial charge in [-0.05, 0) is 66.4 Å². The van der Waals surface area contributed by atoms with Gasteiger partial charge in [0.1, 0.15) is 18.3 Å². The van der Waals surface area contributed by atoms with Gasteiger partial charge in [-0.15, -0.1) is 0 Å². The molecule has 0 aromatic heterocycles. The van der Waals surface area contributed by atoms with Crippen molar-refractivity contribution in [3.8, 4) is 11.5 Å². The van der Waals surface area contributed by atoms with Crippen molar-refractivity contribution in [2.24, 2.45) is 0 Å². The highest BCUT2D eigenvalue weighted by Crippen LogP contribution is 2.38. The van der Waals surface area contributed by atoms with Crippen LogP contribution >= 0.6 is 0 Å². The lowest BCUT2D eigenvalue weighted by Gasteiger charge is -2.47. The zero-order valence-electron chi connectivity index (χ0n) is 27.9. The number of aryl methyl sites for hydroxylation is 2. The summed E-state index contributed by atoms with van der Waals surface area (Å²) in [7, 11) is -2.93. The molecule has 2 N–H and O–H groups in total. The maximum atomic E-state index is 12.9. The Morgan fingerprint density at radius 3 is 2.09 bits per heavy atom. The molecule has 0 unspecified atom stereocenters. The molecule has 3 aliphatic heterocycles. The van der Waals surface area contributed by atoms with Gasteiger partial charge in [0.15, 0.2) is 17.3 Å². The first-order chi connectivity index (χ1) is 22.2. The van der Waals surface area contributed by atoms with Crippen molar-refractivity contribution in [1.29, 1.82) is 0 Å². The minimum absolute atomic E-state index is 0.0349. The normalized spacial score (nSPS) is 20.1. The standard InChI is InChI=1S/C36H42N4O6Si/c1-22-18-26-27(19-23(22)2)40(32-30(37-26)33(42)39-34(43)38-32)20-28-31(41)29(46-36(6,7)45-28)21-44-47(35(3,4)5,24-14-10-8-11-15-24)25-16-12-9-13-17-25/h8-19,28-29,31,41H,20-21H2,1-7H3,(H,39,42,43)/t28-,29+,31-/m1/s1. The molecule has 0 spiro atoms. The van der Waals surface area contributed by atoms with E-state index in [4.69, 9.17) is 13.9 Å². The van der Waals surface area contributed by atoms with Crippen molar-refractivity contribution in [2.75, 3.05) is 6.61 Å². The van der Waals surface area contributed by atoms with Crippen LogP contribution in [0.25, 0.3) is 22.6 Å². The number of fused-ring (bicyclic) bond motifs is 2. The highest BCUT2D eigenvalue weighted by atomic mass is 28.4. The minimum Gasteiger partial charge on any atom is -0.405 e. The first-order valence-corrected chi connectivity index (χ1v) is 17.8. The molecule has 3 atom stereocenters. The first kappa shape index (κ1) is 32.9. The minimum atomic E-state index is -2.93. The molecular weight excluding hydrogens is 613 g/mol. The lowest BCUT2D eigenvalue weighted by atomic mass is 10.0. The second kappa shape index (κ2) is 12.2. The van der Waals surface area contributed by atoms with Crippen LogP contribution in [0.15, 0.2) is 82.4 Å². The molecule has 0 aliphatic carbocycles. The third kappa shape index (κ3) is 6.09. The molecule has 0 bridgehead atoms. The van der Waals surface area contributed by atoms with E-state index >= 15 is 0 Å². The highest BCUT2D eigenvalue weighted by Gasteiger charge is 2.52. The van der Waals surface area contributed by atoms with Crippen LogP contribution in [0.2, 0.25) is 5.04 Å². The fraction of sp³-hybridized carbons (Fsp3) is 0.389. The zero-order chi connectivity index (χ0) is 33.7. The summed E-state index contributed by atoms with van der Waals surface area (Å²) in [4.78, 5) is 36.2. The average molecular weight is 655 g/mol. The van der Waals surface area contributed by atoms with Crippen LogP contribution in [0.1, 0.15) is 45.7 Å². The van der Waals surface area contributed by atoms with Crippen LogP contribution in [0.5, 0.6) is 0 Å². The Bertz CT molecular complexity index is 1950. The van der Waals surface area contributed by atoms with Gasteiger partial charge in [0.2, 0.25) is 0 Å². The molecule has 3 aliphatic rings. The molecule has 10 nitrogen and oxygen atoms in total. The Kier molecular flexibility index (Phi) is 8.56. The van der Waals surface area contributed by atoms with Crippen LogP contribution in [-0.4, -0.2) is 63.6 Å².